The van der Waals surface area contributed by atoms with E-state index in [9.17, 15) is 17.6 Å². The number of halogens is 4. The third kappa shape index (κ3) is 3.56. The van der Waals surface area contributed by atoms with Gasteiger partial charge in [0, 0.05) is 25.8 Å². The minimum Gasteiger partial charge on any atom is -0.299 e. The molecule has 1 aromatic rings. The maximum Gasteiger partial charge on any atom is 0.418 e. The van der Waals surface area contributed by atoms with Crippen molar-refractivity contribution >= 4 is 6.08 Å². The minimum atomic E-state index is -4.45. The molecule has 1 aliphatic heterocycles. The molecule has 0 atom stereocenters. The van der Waals surface area contributed by atoms with Gasteiger partial charge in [0.05, 0.1) is 11.3 Å². The second-order valence-electron chi connectivity index (χ2n) is 4.93. The van der Waals surface area contributed by atoms with Gasteiger partial charge in [0.15, 0.2) is 0 Å². The molecule has 0 unspecified atom stereocenters. The highest BCUT2D eigenvalue weighted by atomic mass is 19.4. The number of nitrogens with zero attached hydrogens (tertiary/aromatic N) is 2. The molecule has 1 fully saturated rings. The Hall–Kier alpha value is -1.43. The van der Waals surface area contributed by atoms with Crippen molar-refractivity contribution < 1.29 is 17.6 Å². The van der Waals surface area contributed by atoms with Crippen molar-refractivity contribution in [3.63, 3.8) is 0 Å². The fourth-order valence-corrected chi connectivity index (χ4v) is 2.31. The number of pyridine rings is 1. The van der Waals surface area contributed by atoms with Crippen LogP contribution in [0.5, 0.6) is 0 Å². The van der Waals surface area contributed by atoms with E-state index in [1.807, 2.05) is 4.90 Å². The van der Waals surface area contributed by atoms with Crippen LogP contribution in [0.4, 0.5) is 17.6 Å². The predicted octanol–water partition coefficient (Wildman–Crippen LogP) is 3.68. The highest BCUT2D eigenvalue weighted by Crippen LogP contribution is 2.32. The lowest BCUT2D eigenvalue weighted by Gasteiger charge is -2.28. The summed E-state index contributed by atoms with van der Waals surface area (Å²) in [5, 5.41) is 0. The maximum absolute atomic E-state index is 13.0. The van der Waals surface area contributed by atoms with Gasteiger partial charge in [-0.25, -0.2) is 4.39 Å². The molecule has 0 bridgehead atoms. The summed E-state index contributed by atoms with van der Waals surface area (Å²) in [6.07, 6.45) is -1.85. The topological polar surface area (TPSA) is 16.1 Å². The minimum absolute atomic E-state index is 0.163. The first-order valence-electron chi connectivity index (χ1n) is 6.45. The first-order valence-corrected chi connectivity index (χ1v) is 6.45. The van der Waals surface area contributed by atoms with Crippen LogP contribution < -0.4 is 0 Å². The molecule has 0 amide bonds. The van der Waals surface area contributed by atoms with Crippen molar-refractivity contribution in [1.82, 2.24) is 9.88 Å². The quantitative estimate of drug-likeness (QED) is 0.789. The van der Waals surface area contributed by atoms with Crippen molar-refractivity contribution in [2.24, 2.45) is 0 Å². The van der Waals surface area contributed by atoms with Gasteiger partial charge in [-0.2, -0.15) is 13.2 Å². The van der Waals surface area contributed by atoms with E-state index in [4.69, 9.17) is 0 Å². The summed E-state index contributed by atoms with van der Waals surface area (Å²) in [5.41, 5.74) is -0.450. The van der Waals surface area contributed by atoms with E-state index in [-0.39, 0.29) is 5.69 Å². The summed E-state index contributed by atoms with van der Waals surface area (Å²) in [5.74, 6) is 0. The van der Waals surface area contributed by atoms with E-state index in [0.717, 1.165) is 12.1 Å². The fraction of sp³-hybridized carbons (Fsp3) is 0.500. The van der Waals surface area contributed by atoms with Crippen LogP contribution in [-0.2, 0) is 12.7 Å². The van der Waals surface area contributed by atoms with Crippen molar-refractivity contribution in [2.45, 2.75) is 31.7 Å². The summed E-state index contributed by atoms with van der Waals surface area (Å²) >= 11 is 0. The number of likely N-dealkylation sites (tertiary alicyclic amines) is 1. The highest BCUT2D eigenvalue weighted by Gasteiger charge is 2.34. The van der Waals surface area contributed by atoms with E-state index in [0.29, 0.717) is 38.0 Å². The normalized spacial score (nSPS) is 18.2. The van der Waals surface area contributed by atoms with E-state index < -0.39 is 17.9 Å². The van der Waals surface area contributed by atoms with E-state index in [1.54, 1.807) is 0 Å². The SMILES string of the molecule is C=Cc1ncc(CN2CCC(F)CC2)cc1C(F)(F)F. The van der Waals surface area contributed by atoms with Gasteiger partial charge in [0.25, 0.3) is 0 Å². The Labute approximate surface area is 115 Å². The molecule has 2 rings (SSSR count). The van der Waals surface area contributed by atoms with Gasteiger partial charge in [-0.1, -0.05) is 6.58 Å². The summed E-state index contributed by atoms with van der Waals surface area (Å²) < 4.78 is 51.7. The van der Waals surface area contributed by atoms with Gasteiger partial charge in [-0.05, 0) is 30.5 Å². The summed E-state index contributed by atoms with van der Waals surface area (Å²) in [7, 11) is 0. The van der Waals surface area contributed by atoms with Crippen molar-refractivity contribution in [1.29, 1.82) is 0 Å². The number of hydrogen-bond acceptors (Lipinski definition) is 2. The fourth-order valence-electron chi connectivity index (χ4n) is 2.31. The van der Waals surface area contributed by atoms with Gasteiger partial charge in [-0.15, -0.1) is 0 Å². The van der Waals surface area contributed by atoms with E-state index in [2.05, 4.69) is 11.6 Å². The Balaban J connectivity index is 2.15. The van der Waals surface area contributed by atoms with Gasteiger partial charge < -0.3 is 0 Å². The smallest absolute Gasteiger partial charge is 0.299 e. The molecule has 6 heteroatoms. The second-order valence-corrected chi connectivity index (χ2v) is 4.93. The van der Waals surface area contributed by atoms with Crippen molar-refractivity contribution in [3.8, 4) is 0 Å². The third-order valence-corrected chi connectivity index (χ3v) is 3.40. The third-order valence-electron chi connectivity index (χ3n) is 3.40. The van der Waals surface area contributed by atoms with Crippen LogP contribution in [0.15, 0.2) is 18.8 Å². The van der Waals surface area contributed by atoms with Gasteiger partial charge in [0.2, 0.25) is 0 Å². The Morgan fingerprint density at radius 3 is 2.55 bits per heavy atom. The van der Waals surface area contributed by atoms with Gasteiger partial charge >= 0.3 is 6.18 Å². The zero-order chi connectivity index (χ0) is 14.8. The molecule has 2 nitrogen and oxygen atoms in total. The lowest BCUT2D eigenvalue weighted by atomic mass is 10.1. The molecule has 0 spiro atoms. The molecular weight excluding hydrogens is 272 g/mol. The largest absolute Gasteiger partial charge is 0.418 e. The average molecular weight is 288 g/mol. The van der Waals surface area contributed by atoms with Crippen LogP contribution in [0.1, 0.15) is 29.7 Å². The van der Waals surface area contributed by atoms with Gasteiger partial charge in [0.1, 0.15) is 6.17 Å². The van der Waals surface area contributed by atoms with E-state index in [1.165, 1.54) is 6.20 Å². The molecular formula is C14H16F4N2. The molecule has 0 aliphatic carbocycles. The molecule has 1 aliphatic rings. The molecule has 1 saturated heterocycles. The van der Waals surface area contributed by atoms with Crippen molar-refractivity contribution in [2.75, 3.05) is 13.1 Å². The molecule has 20 heavy (non-hydrogen) atoms. The first-order chi connectivity index (χ1) is 9.40. The molecule has 2 heterocycles. The average Bonchev–Trinajstić information content (AvgIpc) is 2.40. The second kappa shape index (κ2) is 5.91. The monoisotopic (exact) mass is 288 g/mol. The van der Waals surface area contributed by atoms with Crippen LogP contribution in [0.25, 0.3) is 6.08 Å². The maximum atomic E-state index is 13.0. The Bertz CT molecular complexity index is 477. The van der Waals surface area contributed by atoms with Crippen LogP contribution in [0.2, 0.25) is 0 Å². The molecule has 0 saturated carbocycles. The molecule has 0 aromatic carbocycles. The lowest BCUT2D eigenvalue weighted by Crippen LogP contribution is -2.34. The number of rotatable bonds is 3. The number of aromatic nitrogens is 1. The molecule has 0 N–H and O–H groups in total. The number of piperidine rings is 1. The van der Waals surface area contributed by atoms with Crippen LogP contribution in [0, 0.1) is 0 Å². The Kier molecular flexibility index (Phi) is 4.42. The molecule has 0 radical (unpaired) electrons. The zero-order valence-electron chi connectivity index (χ0n) is 11.0. The number of hydrogen-bond donors (Lipinski definition) is 0. The van der Waals surface area contributed by atoms with Crippen LogP contribution in [0.3, 0.4) is 0 Å². The van der Waals surface area contributed by atoms with Crippen LogP contribution in [-0.4, -0.2) is 29.1 Å². The molecule has 110 valence electrons. The predicted molar refractivity (Wildman–Crippen MR) is 68.7 cm³/mol. The zero-order valence-corrected chi connectivity index (χ0v) is 11.0. The number of alkyl halides is 4. The highest BCUT2D eigenvalue weighted by molar-refractivity contribution is 5.48. The first kappa shape index (κ1) is 15.0. The summed E-state index contributed by atoms with van der Waals surface area (Å²) in [6, 6.07) is 1.10. The van der Waals surface area contributed by atoms with Crippen molar-refractivity contribution in [3.05, 3.63) is 35.7 Å². The standard InChI is InChI=1S/C14H16F4N2/c1-2-13-12(14(16,17)18)7-10(8-19-13)9-20-5-3-11(15)4-6-20/h2,7-8,11H,1,3-6,9H2. The molecule has 1 aromatic heterocycles. The Morgan fingerprint density at radius 2 is 2.00 bits per heavy atom. The summed E-state index contributed by atoms with van der Waals surface area (Å²) in [4.78, 5) is 5.75. The van der Waals surface area contributed by atoms with Gasteiger partial charge in [-0.3, -0.25) is 9.88 Å². The van der Waals surface area contributed by atoms with E-state index >= 15 is 0 Å². The summed E-state index contributed by atoms with van der Waals surface area (Å²) in [6.45, 7) is 4.83. The van der Waals surface area contributed by atoms with Crippen LogP contribution >= 0.6 is 0 Å². The lowest BCUT2D eigenvalue weighted by molar-refractivity contribution is -0.138. The Morgan fingerprint density at radius 1 is 1.35 bits per heavy atom.